The van der Waals surface area contributed by atoms with Crippen LogP contribution in [0.15, 0.2) is 0 Å². The van der Waals surface area contributed by atoms with Crippen LogP contribution in [0.1, 0.15) is 59.3 Å². The van der Waals surface area contributed by atoms with Crippen molar-refractivity contribution in [2.75, 3.05) is 26.2 Å². The van der Waals surface area contributed by atoms with E-state index in [4.69, 9.17) is 4.98 Å². The van der Waals surface area contributed by atoms with Gasteiger partial charge in [-0.05, 0) is 70.2 Å². The third-order valence-corrected chi connectivity index (χ3v) is 9.98. The summed E-state index contributed by atoms with van der Waals surface area (Å²) in [6.45, 7) is 17.3. The van der Waals surface area contributed by atoms with E-state index in [2.05, 4.69) is 43.7 Å². The van der Waals surface area contributed by atoms with E-state index in [0.29, 0.717) is 0 Å². The molecule has 134 valence electrons. The number of nitrogens with zero attached hydrogens (tertiary/aromatic N) is 3. The van der Waals surface area contributed by atoms with E-state index in [1.165, 1.54) is 64.7 Å². The molecule has 3 fully saturated rings. The van der Waals surface area contributed by atoms with Gasteiger partial charge in [0.2, 0.25) is 0 Å². The van der Waals surface area contributed by atoms with Crippen LogP contribution in [-0.4, -0.2) is 61.8 Å². The smallest absolute Gasteiger partial charge is 0.660 e. The van der Waals surface area contributed by atoms with Crippen molar-refractivity contribution < 1.29 is 18.9 Å². The van der Waals surface area contributed by atoms with Gasteiger partial charge in [-0.1, -0.05) is 42.1 Å². The van der Waals surface area contributed by atoms with Crippen molar-refractivity contribution in [3.63, 3.8) is 0 Å². The van der Waals surface area contributed by atoms with Gasteiger partial charge in [0.25, 0.3) is 0 Å². The average Bonchev–Trinajstić information content (AvgIpc) is 3.17. The molecule has 0 aromatic rings. The van der Waals surface area contributed by atoms with Crippen molar-refractivity contribution >= 4 is 8.24 Å². The average molecular weight is 344 g/mol. The summed E-state index contributed by atoms with van der Waals surface area (Å²) in [7, 11) is -1.57. The monoisotopic (exact) mass is 343 g/mol. The van der Waals surface area contributed by atoms with Crippen LogP contribution in [0.4, 0.5) is 0 Å². The Bertz CT molecular complexity index is 398. The van der Waals surface area contributed by atoms with Crippen molar-refractivity contribution in [3.05, 3.63) is 4.98 Å². The zero-order valence-corrected chi connectivity index (χ0v) is 18.1. The van der Waals surface area contributed by atoms with Gasteiger partial charge in [-0.15, -0.1) is 5.54 Å². The van der Waals surface area contributed by atoms with Crippen molar-refractivity contribution in [2.45, 2.75) is 95.6 Å². The molecule has 2 saturated heterocycles. The molecule has 1 aliphatic carbocycles. The molecule has 1 saturated carbocycles. The van der Waals surface area contributed by atoms with Crippen LogP contribution < -0.4 is 18.9 Å². The van der Waals surface area contributed by atoms with E-state index in [1.807, 2.05) is 0 Å². The van der Waals surface area contributed by atoms with Crippen LogP contribution in [0.25, 0.3) is 4.98 Å². The summed E-state index contributed by atoms with van der Waals surface area (Å²) in [5, 5.41) is 0. The Morgan fingerprint density at radius 2 is 1.33 bits per heavy atom. The molecule has 0 spiro atoms. The molecule has 3 unspecified atom stereocenters. The second-order valence-electron chi connectivity index (χ2n) is 9.72. The van der Waals surface area contributed by atoms with Gasteiger partial charge in [0, 0.05) is 12.1 Å². The van der Waals surface area contributed by atoms with Crippen molar-refractivity contribution in [2.24, 2.45) is 0 Å². The number of rotatable bonds is 4. The molecule has 5 heteroatoms. The molecular formula is C19H38LiN3Si. The Labute approximate surface area is 163 Å². The summed E-state index contributed by atoms with van der Waals surface area (Å²) in [5.74, 6) is 0. The fourth-order valence-corrected chi connectivity index (χ4v) is 9.61. The first-order valence-corrected chi connectivity index (χ1v) is 13.0. The molecule has 0 radical (unpaired) electrons. The van der Waals surface area contributed by atoms with Gasteiger partial charge in [-0.25, -0.2) is 0 Å². The summed E-state index contributed by atoms with van der Waals surface area (Å²) in [5.41, 5.74) is 0.974. The minimum Gasteiger partial charge on any atom is -0.660 e. The molecule has 3 aliphatic rings. The Morgan fingerprint density at radius 3 is 1.83 bits per heavy atom. The van der Waals surface area contributed by atoms with Gasteiger partial charge < -0.3 is 14.8 Å². The summed E-state index contributed by atoms with van der Waals surface area (Å²) in [6, 6.07) is 1.66. The fourth-order valence-electron chi connectivity index (χ4n) is 5.58. The quantitative estimate of drug-likeness (QED) is 0.721. The minimum atomic E-state index is -1.57. The Hall–Kier alpha value is 0.694. The first kappa shape index (κ1) is 21.0. The second kappa shape index (κ2) is 8.15. The first-order valence-electron chi connectivity index (χ1n) is 9.98. The predicted octanol–water partition coefficient (Wildman–Crippen LogP) is 1.46. The van der Waals surface area contributed by atoms with E-state index < -0.39 is 8.24 Å². The van der Waals surface area contributed by atoms with Crippen molar-refractivity contribution in [1.82, 2.24) is 9.80 Å². The maximum atomic E-state index is 5.40. The molecule has 2 aliphatic heterocycles. The standard InChI is InChI=1S/C19H38N3Si.Li/c1-19(2,3)20-23(4,5)18-15-16(21-10-6-7-11-21)14-17(18)22-12-8-9-13-22;/h16-18H,6-15H2,1-5H3;/q-1;+1. The van der Waals surface area contributed by atoms with E-state index >= 15 is 0 Å². The number of likely N-dealkylation sites (tertiary alicyclic amines) is 2. The fraction of sp³-hybridized carbons (Fsp3) is 1.00. The number of hydrogen-bond acceptors (Lipinski definition) is 2. The van der Waals surface area contributed by atoms with Crippen LogP contribution in [0, 0.1) is 0 Å². The molecule has 0 aromatic carbocycles. The summed E-state index contributed by atoms with van der Waals surface area (Å²) < 4.78 is 0. The van der Waals surface area contributed by atoms with Crippen LogP contribution >= 0.6 is 0 Å². The first-order chi connectivity index (χ1) is 10.8. The van der Waals surface area contributed by atoms with Gasteiger partial charge in [0.15, 0.2) is 0 Å². The predicted molar refractivity (Wildman–Crippen MR) is 103 cm³/mol. The van der Waals surface area contributed by atoms with E-state index in [9.17, 15) is 0 Å². The van der Waals surface area contributed by atoms with Crippen molar-refractivity contribution in [3.8, 4) is 0 Å². The van der Waals surface area contributed by atoms with Gasteiger partial charge in [-0.3, -0.25) is 0 Å². The molecule has 0 amide bonds. The molecule has 0 N–H and O–H groups in total. The Morgan fingerprint density at radius 1 is 0.833 bits per heavy atom. The van der Waals surface area contributed by atoms with E-state index in [-0.39, 0.29) is 24.4 Å². The molecule has 0 bridgehead atoms. The zero-order valence-electron chi connectivity index (χ0n) is 17.1. The summed E-state index contributed by atoms with van der Waals surface area (Å²) in [6.07, 6.45) is 8.50. The van der Waals surface area contributed by atoms with Gasteiger partial charge >= 0.3 is 18.9 Å². The Kier molecular flexibility index (Phi) is 7.13. The normalized spacial score (nSPS) is 33.1. The van der Waals surface area contributed by atoms with Gasteiger partial charge in [-0.2, -0.15) is 0 Å². The topological polar surface area (TPSA) is 20.6 Å². The van der Waals surface area contributed by atoms with Crippen LogP contribution in [0.2, 0.25) is 18.6 Å². The maximum Gasteiger partial charge on any atom is 1.00 e. The molecule has 3 rings (SSSR count). The zero-order chi connectivity index (χ0) is 16.7. The molecule has 0 aromatic heterocycles. The van der Waals surface area contributed by atoms with Gasteiger partial charge in [0.05, 0.1) is 0 Å². The van der Waals surface area contributed by atoms with Gasteiger partial charge in [0.1, 0.15) is 0 Å². The maximum absolute atomic E-state index is 5.40. The molecule has 2 heterocycles. The molecule has 24 heavy (non-hydrogen) atoms. The summed E-state index contributed by atoms with van der Waals surface area (Å²) >= 11 is 0. The molecular weight excluding hydrogens is 305 g/mol. The largest absolute Gasteiger partial charge is 1.00 e. The number of hydrogen-bond donors (Lipinski definition) is 0. The molecule has 3 nitrogen and oxygen atoms in total. The third-order valence-electron chi connectivity index (χ3n) is 6.30. The third kappa shape index (κ3) is 4.90. The molecule has 3 atom stereocenters. The van der Waals surface area contributed by atoms with E-state index in [1.54, 1.807) is 0 Å². The van der Waals surface area contributed by atoms with Crippen LogP contribution in [-0.2, 0) is 0 Å². The van der Waals surface area contributed by atoms with Crippen LogP contribution in [0.5, 0.6) is 0 Å². The minimum absolute atomic E-state index is 0. The van der Waals surface area contributed by atoms with Crippen LogP contribution in [0.3, 0.4) is 0 Å². The van der Waals surface area contributed by atoms with E-state index in [0.717, 1.165) is 17.6 Å². The Balaban J connectivity index is 0.00000208. The SMILES string of the molecule is CC(C)(C)[N-][Si](C)(C)C1CC(N2CCCC2)CC1N1CCCC1.[Li+]. The van der Waals surface area contributed by atoms with Crippen molar-refractivity contribution in [1.29, 1.82) is 0 Å². The second-order valence-corrected chi connectivity index (χ2v) is 14.0. The summed E-state index contributed by atoms with van der Waals surface area (Å²) in [4.78, 5) is 11.1.